The van der Waals surface area contributed by atoms with Crippen LogP contribution in [-0.4, -0.2) is 60.2 Å². The fraction of sp³-hybridized carbons (Fsp3) is 0.786. The zero-order chi connectivity index (χ0) is 14.9. The molecule has 0 aromatic heterocycles. The third-order valence-corrected chi connectivity index (χ3v) is 4.48. The lowest BCUT2D eigenvalue weighted by atomic mass is 9.87. The van der Waals surface area contributed by atoms with Crippen molar-refractivity contribution >= 4 is 17.5 Å². The van der Waals surface area contributed by atoms with E-state index in [1.165, 1.54) is 6.92 Å². The Morgan fingerprint density at radius 3 is 2.90 bits per heavy atom. The maximum Gasteiger partial charge on any atom is 0.271 e. The molecule has 0 aliphatic carbocycles. The lowest BCUT2D eigenvalue weighted by molar-refractivity contribution is -0.124. The topological polar surface area (TPSA) is 83.0 Å². The Morgan fingerprint density at radius 1 is 1.43 bits per heavy atom. The molecule has 21 heavy (non-hydrogen) atoms. The zero-order valence-electron chi connectivity index (χ0n) is 12.4. The van der Waals surface area contributed by atoms with Gasteiger partial charge in [0, 0.05) is 45.3 Å². The molecule has 2 amide bonds. The highest BCUT2D eigenvalue weighted by atomic mass is 16.7. The van der Waals surface area contributed by atoms with E-state index in [4.69, 9.17) is 4.84 Å². The third kappa shape index (κ3) is 3.02. The molecular formula is C14H22N4O3. The van der Waals surface area contributed by atoms with Crippen LogP contribution in [0.15, 0.2) is 5.16 Å². The molecular weight excluding hydrogens is 272 g/mol. The highest BCUT2D eigenvalue weighted by molar-refractivity contribution is 6.39. The Labute approximate surface area is 124 Å². The van der Waals surface area contributed by atoms with Crippen molar-refractivity contribution in [3.05, 3.63) is 0 Å². The van der Waals surface area contributed by atoms with Crippen molar-refractivity contribution in [2.45, 2.75) is 44.2 Å². The highest BCUT2D eigenvalue weighted by Gasteiger charge is 2.43. The molecule has 2 saturated heterocycles. The van der Waals surface area contributed by atoms with Crippen LogP contribution in [0.3, 0.4) is 0 Å². The maximum atomic E-state index is 12.5. The van der Waals surface area contributed by atoms with E-state index in [-0.39, 0.29) is 23.5 Å². The van der Waals surface area contributed by atoms with Gasteiger partial charge >= 0.3 is 0 Å². The van der Waals surface area contributed by atoms with Gasteiger partial charge in [-0.15, -0.1) is 0 Å². The molecule has 116 valence electrons. The lowest BCUT2D eigenvalue weighted by Crippen LogP contribution is -2.44. The second kappa shape index (κ2) is 5.63. The molecule has 7 nitrogen and oxygen atoms in total. The summed E-state index contributed by atoms with van der Waals surface area (Å²) in [5, 5.41) is 10.2. The van der Waals surface area contributed by atoms with Gasteiger partial charge < -0.3 is 20.4 Å². The number of carbonyl (C=O) groups excluding carboxylic acids is 2. The number of rotatable bonds is 2. The summed E-state index contributed by atoms with van der Waals surface area (Å²) in [6.07, 6.45) is 3.19. The van der Waals surface area contributed by atoms with E-state index >= 15 is 0 Å². The van der Waals surface area contributed by atoms with Crippen molar-refractivity contribution < 1.29 is 14.4 Å². The first-order valence-electron chi connectivity index (χ1n) is 7.60. The van der Waals surface area contributed by atoms with Crippen LogP contribution < -0.4 is 10.6 Å². The van der Waals surface area contributed by atoms with Crippen LogP contribution in [0.2, 0.25) is 0 Å². The largest absolute Gasteiger partial charge is 0.388 e. The molecule has 0 bridgehead atoms. The molecule has 1 spiro atoms. The Bertz CT molecular complexity index is 471. The number of oxime groups is 1. The van der Waals surface area contributed by atoms with Crippen LogP contribution in [0.5, 0.6) is 0 Å². The van der Waals surface area contributed by atoms with E-state index in [2.05, 4.69) is 15.8 Å². The van der Waals surface area contributed by atoms with Gasteiger partial charge in [0.25, 0.3) is 5.91 Å². The second-order valence-corrected chi connectivity index (χ2v) is 6.18. The molecule has 3 aliphatic heterocycles. The summed E-state index contributed by atoms with van der Waals surface area (Å²) in [6, 6.07) is 0.0576. The molecule has 0 saturated carbocycles. The van der Waals surface area contributed by atoms with Crippen molar-refractivity contribution in [1.29, 1.82) is 0 Å². The van der Waals surface area contributed by atoms with Crippen molar-refractivity contribution in [1.82, 2.24) is 15.5 Å². The van der Waals surface area contributed by atoms with Crippen LogP contribution in [-0.2, 0) is 14.4 Å². The third-order valence-electron chi connectivity index (χ3n) is 4.48. The van der Waals surface area contributed by atoms with Gasteiger partial charge in [-0.1, -0.05) is 5.16 Å². The number of nitrogens with zero attached hydrogens (tertiary/aromatic N) is 2. The SMILES string of the molecule is CC(=O)N[C@@H]1CCN(C(=O)C2=NOC3(CCNCC3)C2)C1. The van der Waals surface area contributed by atoms with Crippen LogP contribution in [0, 0.1) is 0 Å². The summed E-state index contributed by atoms with van der Waals surface area (Å²) in [7, 11) is 0. The van der Waals surface area contributed by atoms with E-state index in [1.807, 2.05) is 0 Å². The number of carbonyl (C=O) groups is 2. The Morgan fingerprint density at radius 2 is 2.19 bits per heavy atom. The molecule has 0 radical (unpaired) electrons. The van der Waals surface area contributed by atoms with E-state index < -0.39 is 0 Å². The van der Waals surface area contributed by atoms with Crippen LogP contribution in [0.4, 0.5) is 0 Å². The van der Waals surface area contributed by atoms with Crippen molar-refractivity contribution in [2.75, 3.05) is 26.2 Å². The summed E-state index contributed by atoms with van der Waals surface area (Å²) >= 11 is 0. The summed E-state index contributed by atoms with van der Waals surface area (Å²) in [5.41, 5.74) is 0.257. The average molecular weight is 294 g/mol. The molecule has 0 aromatic carbocycles. The molecule has 0 unspecified atom stereocenters. The predicted octanol–water partition coefficient (Wildman–Crippen LogP) is -0.378. The fourth-order valence-corrected chi connectivity index (χ4v) is 3.32. The van der Waals surface area contributed by atoms with Gasteiger partial charge in [0.05, 0.1) is 0 Å². The van der Waals surface area contributed by atoms with Crippen LogP contribution in [0.25, 0.3) is 0 Å². The first-order valence-corrected chi connectivity index (χ1v) is 7.60. The van der Waals surface area contributed by atoms with Crippen LogP contribution >= 0.6 is 0 Å². The van der Waals surface area contributed by atoms with Gasteiger partial charge in [0.1, 0.15) is 11.3 Å². The summed E-state index contributed by atoms with van der Waals surface area (Å²) < 4.78 is 0. The molecule has 2 N–H and O–H groups in total. The number of nitrogens with one attached hydrogen (secondary N) is 2. The molecule has 3 aliphatic rings. The minimum atomic E-state index is -0.271. The smallest absolute Gasteiger partial charge is 0.271 e. The molecule has 0 aromatic rings. The van der Waals surface area contributed by atoms with Gasteiger partial charge in [-0.05, 0) is 19.5 Å². The normalized spacial score (nSPS) is 27.4. The Hall–Kier alpha value is -1.63. The quantitative estimate of drug-likeness (QED) is 0.727. The second-order valence-electron chi connectivity index (χ2n) is 6.18. The van der Waals surface area contributed by atoms with Crippen LogP contribution in [0.1, 0.15) is 32.6 Å². The molecule has 3 heterocycles. The standard InChI is InChI=1S/C14H22N4O3/c1-10(19)16-11-2-7-18(9-11)13(20)12-8-14(21-17-12)3-5-15-6-4-14/h11,15H,2-9H2,1H3,(H,16,19)/t11-/m1/s1. The van der Waals surface area contributed by atoms with Gasteiger partial charge in [-0.3, -0.25) is 9.59 Å². The monoisotopic (exact) mass is 294 g/mol. The minimum Gasteiger partial charge on any atom is -0.388 e. The van der Waals surface area contributed by atoms with Gasteiger partial charge in [0.15, 0.2) is 0 Å². The predicted molar refractivity (Wildman–Crippen MR) is 76.8 cm³/mol. The summed E-state index contributed by atoms with van der Waals surface area (Å²) in [6.45, 7) is 4.54. The first-order chi connectivity index (χ1) is 10.1. The van der Waals surface area contributed by atoms with E-state index in [0.29, 0.717) is 25.2 Å². The molecule has 2 fully saturated rings. The number of likely N-dealkylation sites (tertiary alicyclic amines) is 1. The van der Waals surface area contributed by atoms with E-state index in [0.717, 1.165) is 32.4 Å². The highest BCUT2D eigenvalue weighted by Crippen LogP contribution is 2.33. The molecule has 3 rings (SSSR count). The number of piperidine rings is 1. The minimum absolute atomic E-state index is 0.0433. The van der Waals surface area contributed by atoms with Gasteiger partial charge in [-0.25, -0.2) is 0 Å². The zero-order valence-corrected chi connectivity index (χ0v) is 12.4. The Balaban J connectivity index is 1.56. The molecule has 1 atom stereocenters. The van der Waals surface area contributed by atoms with Gasteiger partial charge in [-0.2, -0.15) is 0 Å². The summed E-state index contributed by atoms with van der Waals surface area (Å²) in [5.74, 6) is -0.0947. The molecule has 7 heteroatoms. The van der Waals surface area contributed by atoms with E-state index in [9.17, 15) is 9.59 Å². The average Bonchev–Trinajstić information content (AvgIpc) is 3.06. The van der Waals surface area contributed by atoms with E-state index in [1.54, 1.807) is 4.90 Å². The number of hydrogen-bond donors (Lipinski definition) is 2. The Kier molecular flexibility index (Phi) is 3.84. The lowest BCUT2D eigenvalue weighted by Gasteiger charge is -2.30. The number of hydrogen-bond acceptors (Lipinski definition) is 5. The van der Waals surface area contributed by atoms with Crippen molar-refractivity contribution in [2.24, 2.45) is 5.16 Å². The van der Waals surface area contributed by atoms with Gasteiger partial charge in [0.2, 0.25) is 5.91 Å². The van der Waals surface area contributed by atoms with Crippen molar-refractivity contribution in [3.8, 4) is 0 Å². The van der Waals surface area contributed by atoms with Crippen molar-refractivity contribution in [3.63, 3.8) is 0 Å². The first kappa shape index (κ1) is 14.3. The summed E-state index contributed by atoms with van der Waals surface area (Å²) in [4.78, 5) is 30.9. The fourth-order valence-electron chi connectivity index (χ4n) is 3.32. The number of amides is 2. The maximum absolute atomic E-state index is 12.5.